The summed E-state index contributed by atoms with van der Waals surface area (Å²) < 4.78 is 12.9. The zero-order valence-corrected chi connectivity index (χ0v) is 6.07. The monoisotopic (exact) mass is 164 g/mol. The van der Waals surface area contributed by atoms with Crippen molar-refractivity contribution in [3.05, 3.63) is 30.1 Å². The lowest BCUT2D eigenvalue weighted by Crippen LogP contribution is -2.14. The van der Waals surface area contributed by atoms with E-state index in [0.717, 1.165) is 0 Å². The Labute approximate surface area is 68.6 Å². The smallest absolute Gasteiger partial charge is 0.227 e. The van der Waals surface area contributed by atoms with Gasteiger partial charge in [-0.25, -0.2) is 9.29 Å². The first-order valence-electron chi connectivity index (χ1n) is 3.18. The first-order valence-corrected chi connectivity index (χ1v) is 3.18. The van der Waals surface area contributed by atoms with Gasteiger partial charge in [0.2, 0.25) is 6.41 Å². The Kier molecular flexibility index (Phi) is 2.38. The van der Waals surface area contributed by atoms with Gasteiger partial charge in [0, 0.05) is 0 Å². The molecule has 0 aromatic heterocycles. The summed E-state index contributed by atoms with van der Waals surface area (Å²) in [7, 11) is 0. The molecule has 0 heterocycles. The van der Waals surface area contributed by atoms with E-state index >= 15 is 0 Å². The Balaban J connectivity index is 3.10. The maximum Gasteiger partial charge on any atom is 0.227 e. The Hall–Kier alpha value is -1.89. The number of rotatable bonds is 2. The van der Waals surface area contributed by atoms with Gasteiger partial charge in [-0.1, -0.05) is 12.1 Å². The Morgan fingerprint density at radius 1 is 1.50 bits per heavy atom. The van der Waals surface area contributed by atoms with Crippen LogP contribution in [0.4, 0.5) is 10.1 Å². The highest BCUT2D eigenvalue weighted by Gasteiger charge is 2.07. The van der Waals surface area contributed by atoms with Crippen LogP contribution in [-0.4, -0.2) is 6.41 Å². The van der Waals surface area contributed by atoms with Crippen molar-refractivity contribution >= 4 is 12.1 Å². The number of halogens is 1. The highest BCUT2D eigenvalue weighted by atomic mass is 19.1. The molecule has 0 aliphatic heterocycles. The van der Waals surface area contributed by atoms with E-state index in [1.165, 1.54) is 24.4 Å². The molecular weight excluding hydrogens is 159 g/mol. The molecule has 0 aliphatic carbocycles. The van der Waals surface area contributed by atoms with Crippen LogP contribution in [-0.2, 0) is 4.79 Å². The molecule has 1 rings (SSSR count). The molecule has 60 valence electrons. The van der Waals surface area contributed by atoms with Gasteiger partial charge in [-0.2, -0.15) is 5.26 Å². The molecule has 0 bridgehead atoms. The van der Waals surface area contributed by atoms with E-state index in [2.05, 4.69) is 0 Å². The van der Waals surface area contributed by atoms with Gasteiger partial charge in [0.05, 0.1) is 5.69 Å². The van der Waals surface area contributed by atoms with Crippen LogP contribution >= 0.6 is 0 Å². The van der Waals surface area contributed by atoms with E-state index in [1.807, 2.05) is 0 Å². The molecule has 0 N–H and O–H groups in total. The molecule has 1 aromatic carbocycles. The van der Waals surface area contributed by atoms with Crippen molar-refractivity contribution in [2.75, 3.05) is 4.90 Å². The SMILES string of the molecule is N#CN(C=O)c1ccccc1F. The maximum atomic E-state index is 12.9. The molecule has 4 heteroatoms. The second-order valence-corrected chi connectivity index (χ2v) is 2.03. The Morgan fingerprint density at radius 2 is 2.17 bits per heavy atom. The van der Waals surface area contributed by atoms with Crippen LogP contribution in [0.3, 0.4) is 0 Å². The molecule has 0 atom stereocenters. The van der Waals surface area contributed by atoms with Gasteiger partial charge < -0.3 is 0 Å². The summed E-state index contributed by atoms with van der Waals surface area (Å²) in [5.74, 6) is -0.592. The minimum absolute atomic E-state index is 0.0324. The highest BCUT2D eigenvalue weighted by molar-refractivity contribution is 5.78. The highest BCUT2D eigenvalue weighted by Crippen LogP contribution is 2.15. The third kappa shape index (κ3) is 1.40. The lowest BCUT2D eigenvalue weighted by atomic mass is 10.3. The number of para-hydroxylation sites is 1. The van der Waals surface area contributed by atoms with Gasteiger partial charge in [0.15, 0.2) is 6.19 Å². The fourth-order valence-electron chi connectivity index (χ4n) is 0.781. The second kappa shape index (κ2) is 3.49. The van der Waals surface area contributed by atoms with Crippen LogP contribution < -0.4 is 4.90 Å². The van der Waals surface area contributed by atoms with Gasteiger partial charge in [0.25, 0.3) is 0 Å². The number of hydrogen-bond acceptors (Lipinski definition) is 2. The van der Waals surface area contributed by atoms with E-state index in [4.69, 9.17) is 5.26 Å². The normalized spacial score (nSPS) is 8.67. The van der Waals surface area contributed by atoms with Crippen LogP contribution in [0.5, 0.6) is 0 Å². The molecule has 0 fully saturated rings. The van der Waals surface area contributed by atoms with Gasteiger partial charge in [-0.05, 0) is 12.1 Å². The molecule has 3 nitrogen and oxygen atoms in total. The van der Waals surface area contributed by atoms with Crippen LogP contribution in [0, 0.1) is 17.3 Å². The molecule has 0 radical (unpaired) electrons. The topological polar surface area (TPSA) is 44.1 Å². The minimum Gasteiger partial charge on any atom is -0.277 e. The quantitative estimate of drug-likeness (QED) is 0.375. The summed E-state index contributed by atoms with van der Waals surface area (Å²) in [5.41, 5.74) is -0.0324. The number of carbonyl (C=O) groups excluding carboxylic acids is 1. The zero-order chi connectivity index (χ0) is 8.97. The summed E-state index contributed by atoms with van der Waals surface area (Å²) in [6, 6.07) is 5.57. The third-order valence-corrected chi connectivity index (χ3v) is 1.33. The summed E-state index contributed by atoms with van der Waals surface area (Å²) >= 11 is 0. The number of amides is 1. The van der Waals surface area contributed by atoms with Gasteiger partial charge in [0.1, 0.15) is 5.82 Å². The fourth-order valence-corrected chi connectivity index (χ4v) is 0.781. The average molecular weight is 164 g/mol. The average Bonchev–Trinajstić information content (AvgIpc) is 2.10. The zero-order valence-electron chi connectivity index (χ0n) is 6.07. The van der Waals surface area contributed by atoms with Crippen molar-refractivity contribution in [2.45, 2.75) is 0 Å². The number of benzene rings is 1. The van der Waals surface area contributed by atoms with Crippen LogP contribution in [0.2, 0.25) is 0 Å². The van der Waals surface area contributed by atoms with Crippen molar-refractivity contribution in [1.29, 1.82) is 5.26 Å². The number of nitriles is 1. The van der Waals surface area contributed by atoms with E-state index in [1.54, 1.807) is 6.07 Å². The van der Waals surface area contributed by atoms with Crippen LogP contribution in [0.15, 0.2) is 24.3 Å². The van der Waals surface area contributed by atoms with Crippen LogP contribution in [0.25, 0.3) is 0 Å². The summed E-state index contributed by atoms with van der Waals surface area (Å²) in [5, 5.41) is 8.38. The predicted octanol–water partition coefficient (Wildman–Crippen LogP) is 1.27. The molecular formula is C8H5FN2O. The molecule has 1 aromatic rings. The lowest BCUT2D eigenvalue weighted by Gasteiger charge is -2.06. The fraction of sp³-hybridized carbons (Fsp3) is 0. The van der Waals surface area contributed by atoms with E-state index in [0.29, 0.717) is 4.90 Å². The summed E-state index contributed by atoms with van der Waals surface area (Å²) in [6.45, 7) is 0. The lowest BCUT2D eigenvalue weighted by molar-refractivity contribution is -0.106. The van der Waals surface area contributed by atoms with Gasteiger partial charge in [-0.3, -0.25) is 4.79 Å². The maximum absolute atomic E-state index is 12.9. The van der Waals surface area contributed by atoms with E-state index in [-0.39, 0.29) is 12.1 Å². The Bertz CT molecular complexity index is 332. The summed E-state index contributed by atoms with van der Waals surface area (Å²) in [6.07, 6.45) is 1.80. The van der Waals surface area contributed by atoms with E-state index < -0.39 is 5.82 Å². The van der Waals surface area contributed by atoms with E-state index in [9.17, 15) is 9.18 Å². The number of hydrogen-bond donors (Lipinski definition) is 0. The first-order chi connectivity index (χ1) is 5.79. The van der Waals surface area contributed by atoms with Gasteiger partial charge >= 0.3 is 0 Å². The predicted molar refractivity (Wildman–Crippen MR) is 40.6 cm³/mol. The van der Waals surface area contributed by atoms with Crippen molar-refractivity contribution in [3.63, 3.8) is 0 Å². The first kappa shape index (κ1) is 8.21. The van der Waals surface area contributed by atoms with Crippen molar-refractivity contribution < 1.29 is 9.18 Å². The van der Waals surface area contributed by atoms with Crippen molar-refractivity contribution in [2.24, 2.45) is 0 Å². The van der Waals surface area contributed by atoms with Crippen molar-refractivity contribution in [3.8, 4) is 6.19 Å². The molecule has 0 spiro atoms. The molecule has 0 aliphatic rings. The summed E-state index contributed by atoms with van der Waals surface area (Å²) in [4.78, 5) is 10.8. The standard InChI is InChI=1S/C8H5FN2O/c9-7-3-1-2-4-8(7)11(5-10)6-12/h1-4,6H. The molecule has 0 saturated heterocycles. The van der Waals surface area contributed by atoms with Gasteiger partial charge in [-0.15, -0.1) is 0 Å². The Morgan fingerprint density at radius 3 is 2.67 bits per heavy atom. The third-order valence-electron chi connectivity index (χ3n) is 1.33. The molecule has 0 unspecified atom stereocenters. The number of anilines is 1. The number of carbonyl (C=O) groups is 1. The van der Waals surface area contributed by atoms with Crippen LogP contribution in [0.1, 0.15) is 0 Å². The number of nitrogens with zero attached hydrogens (tertiary/aromatic N) is 2. The molecule has 0 saturated carbocycles. The second-order valence-electron chi connectivity index (χ2n) is 2.03. The molecule has 12 heavy (non-hydrogen) atoms. The molecule has 1 amide bonds. The van der Waals surface area contributed by atoms with Crippen molar-refractivity contribution in [1.82, 2.24) is 0 Å². The largest absolute Gasteiger partial charge is 0.277 e. The minimum atomic E-state index is -0.592.